The molecule has 1 heterocycles. The van der Waals surface area contributed by atoms with E-state index in [4.69, 9.17) is 4.42 Å². The van der Waals surface area contributed by atoms with Gasteiger partial charge in [-0.25, -0.2) is 0 Å². The van der Waals surface area contributed by atoms with Crippen LogP contribution >= 0.6 is 0 Å². The van der Waals surface area contributed by atoms with E-state index < -0.39 is 11.4 Å². The number of hydrogen-bond donors (Lipinski definition) is 3. The van der Waals surface area contributed by atoms with Crippen molar-refractivity contribution in [1.29, 1.82) is 0 Å². The Morgan fingerprint density at radius 2 is 2.11 bits per heavy atom. The summed E-state index contributed by atoms with van der Waals surface area (Å²) in [4.78, 5) is 23.3. The SMILES string of the molecule is O=C(CNC(=O)c1ccco1)NC1(CO)CCCC1. The lowest BCUT2D eigenvalue weighted by atomic mass is 9.99. The zero-order valence-corrected chi connectivity index (χ0v) is 10.6. The summed E-state index contributed by atoms with van der Waals surface area (Å²) in [6, 6.07) is 3.13. The molecule has 1 aromatic heterocycles. The van der Waals surface area contributed by atoms with Crippen LogP contribution in [0.5, 0.6) is 0 Å². The molecule has 6 nitrogen and oxygen atoms in total. The van der Waals surface area contributed by atoms with Gasteiger partial charge in [-0.15, -0.1) is 0 Å². The second-order valence-corrected chi connectivity index (χ2v) is 4.85. The van der Waals surface area contributed by atoms with Crippen LogP contribution in [0.3, 0.4) is 0 Å². The van der Waals surface area contributed by atoms with E-state index in [9.17, 15) is 14.7 Å². The molecule has 0 saturated heterocycles. The second kappa shape index (κ2) is 5.88. The molecule has 6 heteroatoms. The molecule has 0 unspecified atom stereocenters. The van der Waals surface area contributed by atoms with Crippen molar-refractivity contribution in [2.24, 2.45) is 0 Å². The Hall–Kier alpha value is -1.82. The van der Waals surface area contributed by atoms with Gasteiger partial charge in [-0.1, -0.05) is 12.8 Å². The van der Waals surface area contributed by atoms with Crippen LogP contribution in [-0.2, 0) is 4.79 Å². The minimum absolute atomic E-state index is 0.0646. The Balaban J connectivity index is 1.80. The van der Waals surface area contributed by atoms with Gasteiger partial charge in [-0.05, 0) is 25.0 Å². The summed E-state index contributed by atoms with van der Waals surface area (Å²) in [5, 5.41) is 14.7. The van der Waals surface area contributed by atoms with Crippen LogP contribution < -0.4 is 10.6 Å². The molecule has 1 aromatic rings. The quantitative estimate of drug-likeness (QED) is 0.720. The lowest BCUT2D eigenvalue weighted by Gasteiger charge is -2.27. The molecule has 2 rings (SSSR count). The average Bonchev–Trinajstić information content (AvgIpc) is 3.07. The van der Waals surface area contributed by atoms with Gasteiger partial charge in [0.2, 0.25) is 5.91 Å². The van der Waals surface area contributed by atoms with E-state index in [1.165, 1.54) is 12.3 Å². The van der Waals surface area contributed by atoms with Crippen molar-refractivity contribution in [3.63, 3.8) is 0 Å². The normalized spacial score (nSPS) is 17.1. The third-order valence-corrected chi connectivity index (χ3v) is 3.42. The minimum Gasteiger partial charge on any atom is -0.459 e. The number of carbonyl (C=O) groups excluding carboxylic acids is 2. The summed E-state index contributed by atoms with van der Waals surface area (Å²) in [7, 11) is 0. The van der Waals surface area contributed by atoms with Gasteiger partial charge in [0.15, 0.2) is 5.76 Å². The number of nitrogens with one attached hydrogen (secondary N) is 2. The van der Waals surface area contributed by atoms with Gasteiger partial charge in [-0.2, -0.15) is 0 Å². The van der Waals surface area contributed by atoms with Crippen LogP contribution in [0.4, 0.5) is 0 Å². The van der Waals surface area contributed by atoms with Gasteiger partial charge in [0.1, 0.15) is 0 Å². The Kier molecular flexibility index (Phi) is 4.21. The summed E-state index contributed by atoms with van der Waals surface area (Å²) in [5.74, 6) is -0.550. The smallest absolute Gasteiger partial charge is 0.287 e. The molecule has 0 aromatic carbocycles. The molecule has 19 heavy (non-hydrogen) atoms. The van der Waals surface area contributed by atoms with Gasteiger partial charge < -0.3 is 20.2 Å². The first-order valence-corrected chi connectivity index (χ1v) is 6.39. The van der Waals surface area contributed by atoms with Crippen molar-refractivity contribution in [2.45, 2.75) is 31.2 Å². The van der Waals surface area contributed by atoms with Crippen molar-refractivity contribution in [2.75, 3.05) is 13.2 Å². The lowest BCUT2D eigenvalue weighted by Crippen LogP contribution is -2.52. The number of furan rings is 1. The molecule has 3 N–H and O–H groups in total. The predicted molar refractivity (Wildman–Crippen MR) is 67.5 cm³/mol. The Morgan fingerprint density at radius 1 is 1.37 bits per heavy atom. The van der Waals surface area contributed by atoms with E-state index in [1.54, 1.807) is 6.07 Å². The number of carbonyl (C=O) groups is 2. The first-order valence-electron chi connectivity index (χ1n) is 6.39. The highest BCUT2D eigenvalue weighted by Gasteiger charge is 2.34. The first kappa shape index (κ1) is 13.6. The van der Waals surface area contributed by atoms with Crippen molar-refractivity contribution < 1.29 is 19.1 Å². The van der Waals surface area contributed by atoms with Crippen molar-refractivity contribution in [1.82, 2.24) is 10.6 Å². The van der Waals surface area contributed by atoms with Gasteiger partial charge in [0, 0.05) is 0 Å². The fraction of sp³-hybridized carbons (Fsp3) is 0.538. The average molecular weight is 266 g/mol. The highest BCUT2D eigenvalue weighted by molar-refractivity contribution is 5.94. The van der Waals surface area contributed by atoms with Crippen LogP contribution in [-0.4, -0.2) is 35.6 Å². The molecule has 1 aliphatic carbocycles. The van der Waals surface area contributed by atoms with Crippen LogP contribution in [0.15, 0.2) is 22.8 Å². The van der Waals surface area contributed by atoms with Crippen LogP contribution in [0.1, 0.15) is 36.2 Å². The molecular weight excluding hydrogens is 248 g/mol. The lowest BCUT2D eigenvalue weighted by molar-refractivity contribution is -0.122. The molecule has 2 amide bonds. The first-order chi connectivity index (χ1) is 9.15. The summed E-state index contributed by atoms with van der Waals surface area (Å²) < 4.78 is 4.92. The topological polar surface area (TPSA) is 91.6 Å². The minimum atomic E-state index is -0.507. The highest BCUT2D eigenvalue weighted by atomic mass is 16.3. The van der Waals surface area contributed by atoms with Gasteiger partial charge in [0.25, 0.3) is 5.91 Å². The number of aliphatic hydroxyl groups is 1. The van der Waals surface area contributed by atoms with Gasteiger partial charge in [-0.3, -0.25) is 9.59 Å². The molecule has 0 atom stereocenters. The molecule has 0 aliphatic heterocycles. The van der Waals surface area contributed by atoms with Gasteiger partial charge >= 0.3 is 0 Å². The van der Waals surface area contributed by atoms with Crippen molar-refractivity contribution in [3.05, 3.63) is 24.2 Å². The van der Waals surface area contributed by atoms with E-state index in [1.807, 2.05) is 0 Å². The number of aliphatic hydroxyl groups excluding tert-OH is 1. The summed E-state index contributed by atoms with van der Waals surface area (Å²) in [6.45, 7) is -0.188. The largest absolute Gasteiger partial charge is 0.459 e. The Morgan fingerprint density at radius 3 is 2.68 bits per heavy atom. The third kappa shape index (κ3) is 3.35. The Bertz CT molecular complexity index is 436. The van der Waals surface area contributed by atoms with E-state index in [0.29, 0.717) is 0 Å². The summed E-state index contributed by atoms with van der Waals surface area (Å²) >= 11 is 0. The molecule has 1 aliphatic rings. The standard InChI is InChI=1S/C13H18N2O4/c16-9-13(5-1-2-6-13)15-11(17)8-14-12(18)10-4-3-7-19-10/h3-4,7,16H,1-2,5-6,8-9H2,(H,14,18)(H,15,17). The molecule has 104 valence electrons. The molecule has 0 spiro atoms. The zero-order chi connectivity index (χ0) is 13.7. The molecular formula is C13H18N2O4. The van der Waals surface area contributed by atoms with Crippen LogP contribution in [0.2, 0.25) is 0 Å². The maximum atomic E-state index is 11.8. The monoisotopic (exact) mass is 266 g/mol. The predicted octanol–water partition coefficient (Wildman–Crippen LogP) is 0.431. The zero-order valence-electron chi connectivity index (χ0n) is 10.6. The Labute approximate surface area is 111 Å². The summed E-state index contributed by atoms with van der Waals surface area (Å²) in [6.07, 6.45) is 4.95. The molecule has 1 fully saturated rings. The maximum Gasteiger partial charge on any atom is 0.287 e. The number of hydrogen-bond acceptors (Lipinski definition) is 4. The molecule has 0 bridgehead atoms. The van der Waals surface area contributed by atoms with Crippen molar-refractivity contribution >= 4 is 11.8 Å². The van der Waals surface area contributed by atoms with Crippen LogP contribution in [0.25, 0.3) is 0 Å². The number of amides is 2. The van der Waals surface area contributed by atoms with Crippen LogP contribution in [0, 0.1) is 0 Å². The molecule has 1 saturated carbocycles. The fourth-order valence-electron chi connectivity index (χ4n) is 2.37. The van der Waals surface area contributed by atoms with E-state index >= 15 is 0 Å². The second-order valence-electron chi connectivity index (χ2n) is 4.85. The highest BCUT2D eigenvalue weighted by Crippen LogP contribution is 2.28. The molecule has 0 radical (unpaired) electrons. The van der Waals surface area contributed by atoms with E-state index in [2.05, 4.69) is 10.6 Å². The van der Waals surface area contributed by atoms with Crippen molar-refractivity contribution in [3.8, 4) is 0 Å². The van der Waals surface area contributed by atoms with E-state index in [-0.39, 0.29) is 24.8 Å². The number of rotatable bonds is 5. The summed E-state index contributed by atoms with van der Waals surface area (Å²) in [5.41, 5.74) is -0.507. The maximum absolute atomic E-state index is 11.8. The van der Waals surface area contributed by atoms with Gasteiger partial charge in [0.05, 0.1) is 25.0 Å². The third-order valence-electron chi connectivity index (χ3n) is 3.42. The van der Waals surface area contributed by atoms with E-state index in [0.717, 1.165) is 25.7 Å². The fourth-order valence-corrected chi connectivity index (χ4v) is 2.37.